The summed E-state index contributed by atoms with van der Waals surface area (Å²) < 4.78 is 18.2. The molecular weight excluding hydrogens is 232 g/mol. The summed E-state index contributed by atoms with van der Waals surface area (Å²) >= 11 is 0. The predicted octanol–water partition coefficient (Wildman–Crippen LogP) is 3.19. The second-order valence-corrected chi connectivity index (χ2v) is 7.78. The van der Waals surface area contributed by atoms with Gasteiger partial charge in [0.05, 0.1) is 0 Å². The van der Waals surface area contributed by atoms with E-state index in [0.29, 0.717) is 19.8 Å². The summed E-state index contributed by atoms with van der Waals surface area (Å²) in [6, 6.07) is 1.01. The Hall–Kier alpha value is -0.163. The molecule has 0 aromatic heterocycles. The largest absolute Gasteiger partial charge is 0.393 e. The number of rotatable bonds is 7. The van der Waals surface area contributed by atoms with Gasteiger partial charge in [-0.1, -0.05) is 18.9 Å². The fraction of sp³-hybridized carbons (Fsp3) is 0.846. The van der Waals surface area contributed by atoms with Crippen LogP contribution in [-0.4, -0.2) is 33.6 Å². The van der Waals surface area contributed by atoms with Crippen molar-refractivity contribution < 1.29 is 13.6 Å². The highest BCUT2D eigenvalue weighted by Gasteiger charge is 2.58. The van der Waals surface area contributed by atoms with Crippen molar-refractivity contribution in [3.05, 3.63) is 12.7 Å². The van der Waals surface area contributed by atoms with Crippen molar-refractivity contribution in [2.75, 3.05) is 19.8 Å². The number of ether oxygens (including phenoxy) is 1. The van der Waals surface area contributed by atoms with Crippen molar-refractivity contribution in [2.24, 2.45) is 0 Å². The van der Waals surface area contributed by atoms with Gasteiger partial charge in [0.2, 0.25) is 0 Å². The van der Waals surface area contributed by atoms with Crippen molar-refractivity contribution in [3.8, 4) is 0 Å². The maximum atomic E-state index is 6.09. The summed E-state index contributed by atoms with van der Waals surface area (Å²) in [6.45, 7) is 12.1. The molecule has 0 N–H and O–H groups in total. The molecule has 1 fully saturated rings. The van der Waals surface area contributed by atoms with Crippen molar-refractivity contribution in [1.29, 1.82) is 0 Å². The monoisotopic (exact) mass is 258 g/mol. The van der Waals surface area contributed by atoms with Crippen LogP contribution in [-0.2, 0) is 13.6 Å². The molecule has 4 heteroatoms. The number of hydrogen-bond acceptors (Lipinski definition) is 3. The Kier molecular flexibility index (Phi) is 5.86. The van der Waals surface area contributed by atoms with Gasteiger partial charge in [0.15, 0.2) is 0 Å². The predicted molar refractivity (Wildman–Crippen MR) is 72.2 cm³/mol. The van der Waals surface area contributed by atoms with Gasteiger partial charge in [0.1, 0.15) is 5.22 Å². The van der Waals surface area contributed by atoms with E-state index in [1.807, 2.05) is 26.8 Å². The van der Waals surface area contributed by atoms with E-state index in [-0.39, 0.29) is 5.22 Å². The van der Waals surface area contributed by atoms with Crippen LogP contribution in [0, 0.1) is 0 Å². The second kappa shape index (κ2) is 6.68. The molecule has 0 saturated carbocycles. The zero-order valence-corrected chi connectivity index (χ0v) is 12.5. The average Bonchev–Trinajstić information content (AvgIpc) is 2.33. The lowest BCUT2D eigenvalue weighted by Gasteiger charge is -2.47. The SMILES string of the molecule is C=CC1(OCC)CCCC[Si]1(OCC)OCC. The molecular formula is C13H26O3Si. The van der Waals surface area contributed by atoms with E-state index < -0.39 is 8.56 Å². The minimum Gasteiger partial charge on any atom is -0.393 e. The maximum Gasteiger partial charge on any atom is 0.375 e. The fourth-order valence-corrected chi connectivity index (χ4v) is 6.97. The van der Waals surface area contributed by atoms with Crippen LogP contribution in [0.1, 0.15) is 40.0 Å². The highest BCUT2D eigenvalue weighted by molar-refractivity contribution is 6.71. The van der Waals surface area contributed by atoms with Gasteiger partial charge in [0.25, 0.3) is 0 Å². The van der Waals surface area contributed by atoms with Gasteiger partial charge in [-0.2, -0.15) is 0 Å². The van der Waals surface area contributed by atoms with E-state index in [0.717, 1.165) is 12.5 Å². The van der Waals surface area contributed by atoms with Crippen LogP contribution in [0.5, 0.6) is 0 Å². The molecule has 0 amide bonds. The Bertz CT molecular complexity index is 229. The first-order chi connectivity index (χ1) is 8.20. The minimum atomic E-state index is -2.32. The summed E-state index contributed by atoms with van der Waals surface area (Å²) in [7, 11) is -2.32. The van der Waals surface area contributed by atoms with Crippen LogP contribution in [0.15, 0.2) is 12.7 Å². The fourth-order valence-electron chi connectivity index (χ4n) is 2.80. The topological polar surface area (TPSA) is 27.7 Å². The van der Waals surface area contributed by atoms with Crippen LogP contribution in [0.25, 0.3) is 0 Å². The lowest BCUT2D eigenvalue weighted by Crippen LogP contribution is -2.65. The van der Waals surface area contributed by atoms with Crippen LogP contribution in [0.2, 0.25) is 6.04 Å². The molecule has 1 aliphatic rings. The summed E-state index contributed by atoms with van der Waals surface area (Å²) in [5.41, 5.74) is 0. The molecule has 1 rings (SSSR count). The molecule has 17 heavy (non-hydrogen) atoms. The van der Waals surface area contributed by atoms with Gasteiger partial charge in [0, 0.05) is 19.8 Å². The van der Waals surface area contributed by atoms with Crippen molar-refractivity contribution in [1.82, 2.24) is 0 Å². The molecule has 1 heterocycles. The smallest absolute Gasteiger partial charge is 0.375 e. The van der Waals surface area contributed by atoms with E-state index in [1.165, 1.54) is 12.8 Å². The average molecular weight is 258 g/mol. The molecule has 3 nitrogen and oxygen atoms in total. The van der Waals surface area contributed by atoms with E-state index in [9.17, 15) is 0 Å². The highest BCUT2D eigenvalue weighted by atomic mass is 28.4. The van der Waals surface area contributed by atoms with Gasteiger partial charge in [-0.3, -0.25) is 0 Å². The van der Waals surface area contributed by atoms with Crippen LogP contribution >= 0.6 is 0 Å². The van der Waals surface area contributed by atoms with Gasteiger partial charge in [-0.05, 0) is 33.2 Å². The molecule has 0 aromatic rings. The Labute approximate surface area is 106 Å². The Balaban J connectivity index is 3.03. The molecule has 0 bridgehead atoms. The third kappa shape index (κ3) is 2.81. The summed E-state index contributed by atoms with van der Waals surface area (Å²) in [6.07, 6.45) is 5.26. The zero-order valence-electron chi connectivity index (χ0n) is 11.5. The normalized spacial score (nSPS) is 27.9. The van der Waals surface area contributed by atoms with Gasteiger partial charge in [-0.15, -0.1) is 6.58 Å². The second-order valence-electron chi connectivity index (χ2n) is 4.35. The Morgan fingerprint density at radius 3 is 2.24 bits per heavy atom. The molecule has 0 aromatic carbocycles. The van der Waals surface area contributed by atoms with Crippen LogP contribution in [0.4, 0.5) is 0 Å². The third-order valence-electron chi connectivity index (χ3n) is 3.44. The minimum absolute atomic E-state index is 0.355. The van der Waals surface area contributed by atoms with Gasteiger partial charge >= 0.3 is 8.56 Å². The first kappa shape index (κ1) is 14.9. The maximum absolute atomic E-state index is 6.09. The molecule has 1 unspecified atom stereocenters. The molecule has 0 spiro atoms. The molecule has 0 radical (unpaired) electrons. The standard InChI is InChI=1S/C13H26O3Si/c1-5-13(14-6-2)11-9-10-12-17(13,15-7-3)16-8-4/h5H,1,6-12H2,2-4H3. The Morgan fingerprint density at radius 1 is 1.12 bits per heavy atom. The van der Waals surface area contributed by atoms with Crippen molar-refractivity contribution in [3.63, 3.8) is 0 Å². The summed E-state index contributed by atoms with van der Waals surface area (Å²) in [5, 5.41) is -0.355. The van der Waals surface area contributed by atoms with E-state index in [2.05, 4.69) is 6.58 Å². The van der Waals surface area contributed by atoms with Crippen LogP contribution < -0.4 is 0 Å². The van der Waals surface area contributed by atoms with Gasteiger partial charge in [-0.25, -0.2) is 0 Å². The molecule has 1 atom stereocenters. The third-order valence-corrected chi connectivity index (χ3v) is 7.85. The van der Waals surface area contributed by atoms with Crippen LogP contribution in [0.3, 0.4) is 0 Å². The molecule has 100 valence electrons. The van der Waals surface area contributed by atoms with E-state index in [1.54, 1.807) is 0 Å². The van der Waals surface area contributed by atoms with E-state index >= 15 is 0 Å². The zero-order chi connectivity index (χ0) is 12.8. The van der Waals surface area contributed by atoms with E-state index in [4.69, 9.17) is 13.6 Å². The molecule has 1 aliphatic heterocycles. The lowest BCUT2D eigenvalue weighted by molar-refractivity contribution is -0.00923. The van der Waals surface area contributed by atoms with Gasteiger partial charge < -0.3 is 13.6 Å². The quantitative estimate of drug-likeness (QED) is 0.518. The first-order valence-corrected chi connectivity index (χ1v) is 8.78. The van der Waals surface area contributed by atoms with Crippen molar-refractivity contribution in [2.45, 2.75) is 51.3 Å². The highest BCUT2D eigenvalue weighted by Crippen LogP contribution is 2.41. The number of hydrogen-bond donors (Lipinski definition) is 0. The molecule has 1 saturated heterocycles. The first-order valence-electron chi connectivity index (χ1n) is 6.75. The molecule has 0 aliphatic carbocycles. The summed E-state index contributed by atoms with van der Waals surface area (Å²) in [4.78, 5) is 0. The summed E-state index contributed by atoms with van der Waals surface area (Å²) in [5.74, 6) is 0. The lowest BCUT2D eigenvalue weighted by atomic mass is 10.1. The van der Waals surface area contributed by atoms with Crippen molar-refractivity contribution >= 4 is 8.56 Å². The Morgan fingerprint density at radius 2 is 1.76 bits per heavy atom.